The van der Waals surface area contributed by atoms with E-state index in [1.54, 1.807) is 0 Å². The number of unbranched alkanes of at least 4 members (excludes halogenated alkanes) is 1. The second-order valence-electron chi connectivity index (χ2n) is 3.45. The molecule has 0 aliphatic rings. The van der Waals surface area contributed by atoms with E-state index in [-0.39, 0.29) is 0 Å². The van der Waals surface area contributed by atoms with E-state index < -0.39 is 0 Å². The predicted molar refractivity (Wildman–Crippen MR) is 63.5 cm³/mol. The third kappa shape index (κ3) is 3.17. The summed E-state index contributed by atoms with van der Waals surface area (Å²) in [5, 5.41) is 5.62. The Morgan fingerprint density at radius 2 is 2.43 bits per heavy atom. The van der Waals surface area contributed by atoms with Crippen molar-refractivity contribution in [2.75, 3.05) is 6.54 Å². The summed E-state index contributed by atoms with van der Waals surface area (Å²) in [6, 6.07) is 2.62. The van der Waals surface area contributed by atoms with Crippen molar-refractivity contribution in [3.8, 4) is 12.3 Å². The Balaban J connectivity index is 2.33. The van der Waals surface area contributed by atoms with Crippen LogP contribution in [0, 0.1) is 19.3 Å². The van der Waals surface area contributed by atoms with E-state index in [1.807, 2.05) is 11.3 Å². The molecule has 0 spiro atoms. The summed E-state index contributed by atoms with van der Waals surface area (Å²) in [7, 11) is 0. The average molecular weight is 207 g/mol. The van der Waals surface area contributed by atoms with Gasteiger partial charge in [0.05, 0.1) is 0 Å². The Hall–Kier alpha value is -0.780. The Labute approximate surface area is 90.5 Å². The molecule has 1 aromatic heterocycles. The first kappa shape index (κ1) is 11.3. The molecule has 1 rings (SSSR count). The largest absolute Gasteiger partial charge is 0.309 e. The van der Waals surface area contributed by atoms with Crippen LogP contribution in [0.4, 0.5) is 0 Å². The van der Waals surface area contributed by atoms with Crippen molar-refractivity contribution < 1.29 is 0 Å². The molecular weight excluding hydrogens is 190 g/mol. The van der Waals surface area contributed by atoms with Gasteiger partial charge in [0, 0.05) is 17.3 Å². The molecule has 1 unspecified atom stereocenters. The molecule has 1 N–H and O–H groups in total. The van der Waals surface area contributed by atoms with Gasteiger partial charge in [-0.2, -0.15) is 0 Å². The van der Waals surface area contributed by atoms with Gasteiger partial charge in [-0.1, -0.05) is 0 Å². The lowest BCUT2D eigenvalue weighted by molar-refractivity contribution is 0.568. The SMILES string of the molecule is C#CCCCNC(C)c1sccc1C. The molecule has 0 aromatic carbocycles. The molecule has 0 saturated heterocycles. The molecule has 76 valence electrons. The number of thiophene rings is 1. The monoisotopic (exact) mass is 207 g/mol. The van der Waals surface area contributed by atoms with Gasteiger partial charge in [-0.25, -0.2) is 0 Å². The van der Waals surface area contributed by atoms with Crippen molar-refractivity contribution in [2.24, 2.45) is 0 Å². The maximum atomic E-state index is 5.19. The van der Waals surface area contributed by atoms with Crippen LogP contribution < -0.4 is 5.32 Å². The third-order valence-corrected chi connectivity index (χ3v) is 3.45. The minimum Gasteiger partial charge on any atom is -0.309 e. The first-order valence-corrected chi connectivity index (χ1v) is 5.84. The van der Waals surface area contributed by atoms with Gasteiger partial charge < -0.3 is 5.32 Å². The highest BCUT2D eigenvalue weighted by Gasteiger charge is 2.07. The first-order chi connectivity index (χ1) is 6.75. The molecule has 1 atom stereocenters. The van der Waals surface area contributed by atoms with Gasteiger partial charge in [0.2, 0.25) is 0 Å². The summed E-state index contributed by atoms with van der Waals surface area (Å²) in [4.78, 5) is 1.44. The van der Waals surface area contributed by atoms with Crippen LogP contribution in [0.3, 0.4) is 0 Å². The fraction of sp³-hybridized carbons (Fsp3) is 0.500. The third-order valence-electron chi connectivity index (χ3n) is 2.24. The minimum atomic E-state index is 0.452. The molecule has 0 aliphatic heterocycles. The van der Waals surface area contributed by atoms with Gasteiger partial charge >= 0.3 is 0 Å². The van der Waals surface area contributed by atoms with Crippen LogP contribution in [0.25, 0.3) is 0 Å². The Bertz CT molecular complexity index is 308. The van der Waals surface area contributed by atoms with Crippen molar-refractivity contribution >= 4 is 11.3 Å². The second-order valence-corrected chi connectivity index (χ2v) is 4.40. The summed E-state index contributed by atoms with van der Waals surface area (Å²) in [5.74, 6) is 2.65. The molecule has 0 saturated carbocycles. The number of aryl methyl sites for hydroxylation is 1. The number of hydrogen-bond acceptors (Lipinski definition) is 2. The number of terminal acetylenes is 1. The maximum Gasteiger partial charge on any atom is 0.0388 e. The molecule has 14 heavy (non-hydrogen) atoms. The molecule has 0 fully saturated rings. The van der Waals surface area contributed by atoms with Gasteiger partial charge in [-0.3, -0.25) is 0 Å². The minimum absolute atomic E-state index is 0.452. The van der Waals surface area contributed by atoms with Crippen LogP contribution in [-0.4, -0.2) is 6.54 Å². The summed E-state index contributed by atoms with van der Waals surface area (Å²) in [5.41, 5.74) is 1.38. The van der Waals surface area contributed by atoms with Gasteiger partial charge in [0.25, 0.3) is 0 Å². The van der Waals surface area contributed by atoms with Crippen molar-refractivity contribution in [1.82, 2.24) is 5.32 Å². The van der Waals surface area contributed by atoms with Crippen molar-refractivity contribution in [3.63, 3.8) is 0 Å². The zero-order valence-electron chi connectivity index (χ0n) is 8.84. The summed E-state index contributed by atoms with van der Waals surface area (Å²) < 4.78 is 0. The average Bonchev–Trinajstić information content (AvgIpc) is 2.59. The highest BCUT2D eigenvalue weighted by Crippen LogP contribution is 2.23. The van der Waals surface area contributed by atoms with Gasteiger partial charge in [0.1, 0.15) is 0 Å². The van der Waals surface area contributed by atoms with Crippen LogP contribution in [0.2, 0.25) is 0 Å². The molecule has 1 heterocycles. The molecular formula is C12H17NS. The lowest BCUT2D eigenvalue weighted by Crippen LogP contribution is -2.19. The lowest BCUT2D eigenvalue weighted by atomic mass is 10.2. The van der Waals surface area contributed by atoms with Gasteiger partial charge in [-0.05, 0) is 43.8 Å². The second kappa shape index (κ2) is 5.85. The lowest BCUT2D eigenvalue weighted by Gasteiger charge is -2.12. The molecule has 1 nitrogen and oxygen atoms in total. The molecule has 2 heteroatoms. The smallest absolute Gasteiger partial charge is 0.0388 e. The van der Waals surface area contributed by atoms with Crippen LogP contribution >= 0.6 is 11.3 Å². The zero-order valence-corrected chi connectivity index (χ0v) is 9.66. The van der Waals surface area contributed by atoms with E-state index in [0.29, 0.717) is 6.04 Å². The molecule has 0 amide bonds. The van der Waals surface area contributed by atoms with Gasteiger partial charge in [-0.15, -0.1) is 23.7 Å². The highest BCUT2D eigenvalue weighted by atomic mass is 32.1. The standard InChI is InChI=1S/C12H17NS/c1-4-5-6-8-13-11(3)12-10(2)7-9-14-12/h1,7,9,11,13H,5-6,8H2,2-3H3. The number of nitrogens with one attached hydrogen (secondary N) is 1. The Morgan fingerprint density at radius 3 is 3.00 bits per heavy atom. The number of hydrogen-bond donors (Lipinski definition) is 1. The van der Waals surface area contributed by atoms with Crippen LogP contribution in [0.15, 0.2) is 11.4 Å². The number of rotatable bonds is 5. The Morgan fingerprint density at radius 1 is 1.64 bits per heavy atom. The molecule has 0 aliphatic carbocycles. The normalized spacial score (nSPS) is 12.4. The summed E-state index contributed by atoms with van der Waals surface area (Å²) >= 11 is 1.82. The molecule has 1 aromatic rings. The first-order valence-electron chi connectivity index (χ1n) is 4.96. The van der Waals surface area contributed by atoms with E-state index >= 15 is 0 Å². The highest BCUT2D eigenvalue weighted by molar-refractivity contribution is 7.10. The fourth-order valence-electron chi connectivity index (χ4n) is 1.43. The quantitative estimate of drug-likeness (QED) is 0.578. The zero-order chi connectivity index (χ0) is 10.4. The van der Waals surface area contributed by atoms with Crippen LogP contribution in [0.5, 0.6) is 0 Å². The van der Waals surface area contributed by atoms with Crippen molar-refractivity contribution in [3.05, 3.63) is 21.9 Å². The fourth-order valence-corrected chi connectivity index (χ4v) is 2.39. The molecule has 0 bridgehead atoms. The van der Waals surface area contributed by atoms with E-state index in [4.69, 9.17) is 6.42 Å². The van der Waals surface area contributed by atoms with Crippen molar-refractivity contribution in [1.29, 1.82) is 0 Å². The van der Waals surface area contributed by atoms with E-state index in [9.17, 15) is 0 Å². The van der Waals surface area contributed by atoms with Crippen molar-refractivity contribution in [2.45, 2.75) is 32.7 Å². The maximum absolute atomic E-state index is 5.19. The van der Waals surface area contributed by atoms with E-state index in [2.05, 4.69) is 36.5 Å². The molecule has 0 radical (unpaired) electrons. The predicted octanol–water partition coefficient (Wildman–Crippen LogP) is 3.12. The van der Waals surface area contributed by atoms with Crippen LogP contribution in [0.1, 0.15) is 36.2 Å². The summed E-state index contributed by atoms with van der Waals surface area (Å²) in [6.07, 6.45) is 7.11. The van der Waals surface area contributed by atoms with E-state index in [0.717, 1.165) is 19.4 Å². The summed E-state index contributed by atoms with van der Waals surface area (Å²) in [6.45, 7) is 5.36. The van der Waals surface area contributed by atoms with Gasteiger partial charge in [0.15, 0.2) is 0 Å². The topological polar surface area (TPSA) is 12.0 Å². The van der Waals surface area contributed by atoms with E-state index in [1.165, 1.54) is 10.4 Å². The van der Waals surface area contributed by atoms with Crippen LogP contribution in [-0.2, 0) is 0 Å². The Kier molecular flexibility index (Phi) is 4.72.